The van der Waals surface area contributed by atoms with E-state index in [0.29, 0.717) is 18.5 Å². The number of carbonyl (C=O) groups excluding carboxylic acids is 1. The lowest BCUT2D eigenvalue weighted by atomic mass is 9.89. The molecule has 0 spiro atoms. The van der Waals surface area contributed by atoms with Gasteiger partial charge in [0.1, 0.15) is 5.54 Å². The number of nitrogens with one attached hydrogen (secondary N) is 2. The molecular weight excluding hydrogens is 232 g/mol. The predicted octanol–water partition coefficient (Wildman–Crippen LogP) is 2.31. The molecule has 5 heteroatoms. The van der Waals surface area contributed by atoms with E-state index in [-0.39, 0.29) is 11.5 Å². The van der Waals surface area contributed by atoms with Crippen LogP contribution in [0.3, 0.4) is 0 Å². The quantitative estimate of drug-likeness (QED) is 0.767. The third-order valence-electron chi connectivity index (χ3n) is 3.53. The standard InChI is InChI=1S/C13H16N2O3/c1-3-13(4-2)12(18)14-10-7-8(11(16)17)5-6-9(10)15-13/h5-7,15H,3-4H2,1-2H3,(H,14,18)(H,16,17). The van der Waals surface area contributed by atoms with Crippen LogP contribution < -0.4 is 10.6 Å². The van der Waals surface area contributed by atoms with Crippen LogP contribution in [0.1, 0.15) is 37.0 Å². The van der Waals surface area contributed by atoms with Gasteiger partial charge in [-0.15, -0.1) is 0 Å². The summed E-state index contributed by atoms with van der Waals surface area (Å²) in [6.45, 7) is 3.90. The highest BCUT2D eigenvalue weighted by molar-refractivity contribution is 6.07. The molecule has 1 aromatic carbocycles. The minimum atomic E-state index is -1.00. The molecule has 0 bridgehead atoms. The lowest BCUT2D eigenvalue weighted by Gasteiger charge is -2.37. The molecular formula is C13H16N2O3. The number of anilines is 2. The highest BCUT2D eigenvalue weighted by Gasteiger charge is 2.38. The van der Waals surface area contributed by atoms with Crippen molar-refractivity contribution in [3.8, 4) is 0 Å². The van der Waals surface area contributed by atoms with E-state index < -0.39 is 11.5 Å². The fourth-order valence-electron chi connectivity index (χ4n) is 2.19. The van der Waals surface area contributed by atoms with Gasteiger partial charge in [0.2, 0.25) is 5.91 Å². The first-order valence-electron chi connectivity index (χ1n) is 5.99. The van der Waals surface area contributed by atoms with Crippen molar-refractivity contribution < 1.29 is 14.7 Å². The number of benzene rings is 1. The molecule has 18 heavy (non-hydrogen) atoms. The maximum atomic E-state index is 12.1. The number of hydrogen-bond donors (Lipinski definition) is 3. The van der Waals surface area contributed by atoms with Crippen LogP contribution in [0.25, 0.3) is 0 Å². The van der Waals surface area contributed by atoms with Gasteiger partial charge in [0.15, 0.2) is 0 Å². The molecule has 96 valence electrons. The fraction of sp³-hybridized carbons (Fsp3) is 0.385. The normalized spacial score (nSPS) is 16.4. The number of fused-ring (bicyclic) bond motifs is 1. The summed E-state index contributed by atoms with van der Waals surface area (Å²) in [5.41, 5.74) is 0.856. The average Bonchev–Trinajstić information content (AvgIpc) is 2.37. The summed E-state index contributed by atoms with van der Waals surface area (Å²) >= 11 is 0. The zero-order valence-corrected chi connectivity index (χ0v) is 10.4. The van der Waals surface area contributed by atoms with E-state index in [1.165, 1.54) is 12.1 Å². The number of hydrogen-bond acceptors (Lipinski definition) is 3. The highest BCUT2D eigenvalue weighted by Crippen LogP contribution is 2.34. The molecule has 0 saturated carbocycles. The van der Waals surface area contributed by atoms with Crippen LogP contribution in [0, 0.1) is 0 Å². The Balaban J connectivity index is 2.42. The summed E-state index contributed by atoms with van der Waals surface area (Å²) < 4.78 is 0. The first kappa shape index (κ1) is 12.4. The molecule has 1 heterocycles. The van der Waals surface area contributed by atoms with E-state index in [1.54, 1.807) is 6.07 Å². The van der Waals surface area contributed by atoms with E-state index in [9.17, 15) is 9.59 Å². The number of amides is 1. The van der Waals surface area contributed by atoms with Crippen molar-refractivity contribution in [3.05, 3.63) is 23.8 Å². The van der Waals surface area contributed by atoms with Gasteiger partial charge in [-0.2, -0.15) is 0 Å². The van der Waals surface area contributed by atoms with Gasteiger partial charge in [-0.25, -0.2) is 4.79 Å². The third-order valence-corrected chi connectivity index (χ3v) is 3.53. The Labute approximate surface area is 105 Å². The molecule has 0 unspecified atom stereocenters. The molecule has 1 aliphatic heterocycles. The maximum Gasteiger partial charge on any atom is 0.335 e. The van der Waals surface area contributed by atoms with Crippen LogP contribution in [0.15, 0.2) is 18.2 Å². The Bertz CT molecular complexity index is 507. The Morgan fingerprint density at radius 3 is 2.50 bits per heavy atom. The van der Waals surface area contributed by atoms with E-state index >= 15 is 0 Å². The van der Waals surface area contributed by atoms with Gasteiger partial charge in [-0.05, 0) is 31.0 Å². The smallest absolute Gasteiger partial charge is 0.335 e. The van der Waals surface area contributed by atoms with Crippen LogP contribution in [-0.2, 0) is 4.79 Å². The molecule has 1 aromatic rings. The van der Waals surface area contributed by atoms with Gasteiger partial charge in [0.05, 0.1) is 16.9 Å². The van der Waals surface area contributed by atoms with E-state index in [2.05, 4.69) is 10.6 Å². The van der Waals surface area contributed by atoms with Gasteiger partial charge in [0, 0.05) is 0 Å². The summed E-state index contributed by atoms with van der Waals surface area (Å²) in [5, 5.41) is 14.9. The zero-order chi connectivity index (χ0) is 13.3. The van der Waals surface area contributed by atoms with Crippen molar-refractivity contribution in [2.75, 3.05) is 10.6 Å². The molecule has 3 N–H and O–H groups in total. The number of aromatic carboxylic acids is 1. The SMILES string of the molecule is CCC1(CC)Nc2ccc(C(=O)O)cc2NC1=O. The summed E-state index contributed by atoms with van der Waals surface area (Å²) in [6, 6.07) is 4.69. The summed E-state index contributed by atoms with van der Waals surface area (Å²) in [4.78, 5) is 23.0. The Morgan fingerprint density at radius 1 is 1.28 bits per heavy atom. The summed E-state index contributed by atoms with van der Waals surface area (Å²) in [6.07, 6.45) is 1.35. The van der Waals surface area contributed by atoms with Gasteiger partial charge in [-0.1, -0.05) is 13.8 Å². The molecule has 0 atom stereocenters. The number of carboxylic acid groups (broad SMARTS) is 1. The second-order valence-electron chi connectivity index (χ2n) is 4.43. The van der Waals surface area contributed by atoms with Crippen molar-refractivity contribution in [2.24, 2.45) is 0 Å². The minimum Gasteiger partial charge on any atom is -0.478 e. The molecule has 0 aromatic heterocycles. The van der Waals surface area contributed by atoms with Gasteiger partial charge in [0.25, 0.3) is 0 Å². The van der Waals surface area contributed by atoms with Crippen LogP contribution in [0.4, 0.5) is 11.4 Å². The third kappa shape index (κ3) is 1.81. The Hall–Kier alpha value is -2.04. The van der Waals surface area contributed by atoms with Crippen molar-refractivity contribution in [1.29, 1.82) is 0 Å². The van der Waals surface area contributed by atoms with E-state index in [4.69, 9.17) is 5.11 Å². The second kappa shape index (κ2) is 4.33. The van der Waals surface area contributed by atoms with Gasteiger partial charge >= 0.3 is 5.97 Å². The number of carboxylic acids is 1. The van der Waals surface area contributed by atoms with Crippen LogP contribution >= 0.6 is 0 Å². The predicted molar refractivity (Wildman–Crippen MR) is 69.0 cm³/mol. The van der Waals surface area contributed by atoms with Crippen molar-refractivity contribution >= 4 is 23.3 Å². The molecule has 2 rings (SSSR count). The monoisotopic (exact) mass is 248 g/mol. The average molecular weight is 248 g/mol. The topological polar surface area (TPSA) is 78.4 Å². The number of rotatable bonds is 3. The van der Waals surface area contributed by atoms with Crippen LogP contribution in [-0.4, -0.2) is 22.5 Å². The molecule has 0 saturated heterocycles. The van der Waals surface area contributed by atoms with Gasteiger partial charge < -0.3 is 15.7 Å². The Morgan fingerprint density at radius 2 is 1.94 bits per heavy atom. The van der Waals surface area contributed by atoms with Crippen molar-refractivity contribution in [1.82, 2.24) is 0 Å². The molecule has 0 fully saturated rings. The molecule has 0 radical (unpaired) electrons. The van der Waals surface area contributed by atoms with Crippen LogP contribution in [0.2, 0.25) is 0 Å². The second-order valence-corrected chi connectivity index (χ2v) is 4.43. The molecule has 1 aliphatic rings. The van der Waals surface area contributed by atoms with E-state index in [1.807, 2.05) is 13.8 Å². The Kier molecular flexibility index (Phi) is 2.98. The van der Waals surface area contributed by atoms with Gasteiger partial charge in [-0.3, -0.25) is 4.79 Å². The molecule has 1 amide bonds. The van der Waals surface area contributed by atoms with Crippen molar-refractivity contribution in [2.45, 2.75) is 32.2 Å². The summed E-state index contributed by atoms with van der Waals surface area (Å²) in [5.74, 6) is -1.11. The number of carbonyl (C=O) groups is 2. The first-order valence-corrected chi connectivity index (χ1v) is 5.99. The molecule has 5 nitrogen and oxygen atoms in total. The highest BCUT2D eigenvalue weighted by atomic mass is 16.4. The summed E-state index contributed by atoms with van der Waals surface area (Å²) in [7, 11) is 0. The molecule has 0 aliphatic carbocycles. The fourth-order valence-corrected chi connectivity index (χ4v) is 2.19. The largest absolute Gasteiger partial charge is 0.478 e. The van der Waals surface area contributed by atoms with Crippen LogP contribution in [0.5, 0.6) is 0 Å². The lowest BCUT2D eigenvalue weighted by molar-refractivity contribution is -0.120. The zero-order valence-electron chi connectivity index (χ0n) is 10.4. The maximum absolute atomic E-state index is 12.1. The van der Waals surface area contributed by atoms with E-state index in [0.717, 1.165) is 5.69 Å². The first-order chi connectivity index (χ1) is 8.52. The lowest BCUT2D eigenvalue weighted by Crippen LogP contribution is -2.51. The minimum absolute atomic E-state index is 0.109. The van der Waals surface area contributed by atoms with Crippen molar-refractivity contribution in [3.63, 3.8) is 0 Å².